The van der Waals surface area contributed by atoms with Gasteiger partial charge in [-0.05, 0) is 37.3 Å². The van der Waals surface area contributed by atoms with E-state index in [9.17, 15) is 4.79 Å². The molecule has 1 fully saturated rings. The molecule has 0 radical (unpaired) electrons. The van der Waals surface area contributed by atoms with Crippen LogP contribution in [0, 0.1) is 12.8 Å². The van der Waals surface area contributed by atoms with Crippen molar-refractivity contribution >= 4 is 11.5 Å². The predicted molar refractivity (Wildman–Crippen MR) is 60.7 cm³/mol. The van der Waals surface area contributed by atoms with Gasteiger partial charge in [0.2, 0.25) is 0 Å². The number of carbonyl (C=O) groups excluding carboxylic acids is 1. The van der Waals surface area contributed by atoms with Gasteiger partial charge in [-0.3, -0.25) is 10.6 Å². The van der Waals surface area contributed by atoms with E-state index in [4.69, 9.17) is 5.84 Å². The lowest BCUT2D eigenvalue weighted by Crippen LogP contribution is -2.09. The number of rotatable bonds is 4. The summed E-state index contributed by atoms with van der Waals surface area (Å²) >= 11 is 0. The summed E-state index contributed by atoms with van der Waals surface area (Å²) in [6.45, 7) is 1.96. The Balaban J connectivity index is 2.16. The Labute approximate surface area is 89.6 Å². The van der Waals surface area contributed by atoms with Gasteiger partial charge < -0.3 is 5.43 Å². The van der Waals surface area contributed by atoms with Crippen molar-refractivity contribution in [2.24, 2.45) is 11.8 Å². The molecule has 0 amide bonds. The average Bonchev–Trinajstić information content (AvgIpc) is 3.02. The summed E-state index contributed by atoms with van der Waals surface area (Å²) in [5.41, 5.74) is 5.26. The fraction of sp³-hybridized carbons (Fsp3) is 0.417. The van der Waals surface area contributed by atoms with Gasteiger partial charge >= 0.3 is 0 Å². The SMILES string of the molecule is Cc1ccc(C(=O)CC2CC2)cc1NN. The maximum atomic E-state index is 11.8. The number of anilines is 1. The molecule has 3 N–H and O–H groups in total. The molecular formula is C12H16N2O. The monoisotopic (exact) mass is 204 g/mol. The lowest BCUT2D eigenvalue weighted by molar-refractivity contribution is 0.0976. The van der Waals surface area contributed by atoms with Crippen LogP contribution in [0.25, 0.3) is 0 Å². The first-order valence-corrected chi connectivity index (χ1v) is 5.31. The summed E-state index contributed by atoms with van der Waals surface area (Å²) in [5.74, 6) is 6.24. The summed E-state index contributed by atoms with van der Waals surface area (Å²) in [6.07, 6.45) is 3.10. The van der Waals surface area contributed by atoms with Crippen LogP contribution in [-0.4, -0.2) is 5.78 Å². The first-order valence-electron chi connectivity index (χ1n) is 5.31. The zero-order chi connectivity index (χ0) is 10.8. The molecule has 0 atom stereocenters. The molecule has 2 rings (SSSR count). The quantitative estimate of drug-likeness (QED) is 0.449. The number of carbonyl (C=O) groups is 1. The third-order valence-electron chi connectivity index (χ3n) is 2.89. The maximum Gasteiger partial charge on any atom is 0.163 e. The number of nitrogen functional groups attached to an aromatic ring is 1. The van der Waals surface area contributed by atoms with E-state index in [1.807, 2.05) is 25.1 Å². The molecular weight excluding hydrogens is 188 g/mol. The number of benzene rings is 1. The minimum Gasteiger partial charge on any atom is -0.324 e. The van der Waals surface area contributed by atoms with Crippen LogP contribution in [0.15, 0.2) is 18.2 Å². The van der Waals surface area contributed by atoms with Gasteiger partial charge in [0.15, 0.2) is 5.78 Å². The Kier molecular flexibility index (Phi) is 2.73. The molecule has 1 aliphatic rings. The predicted octanol–water partition coefficient (Wildman–Crippen LogP) is 2.26. The minimum atomic E-state index is 0.231. The lowest BCUT2D eigenvalue weighted by atomic mass is 10.0. The van der Waals surface area contributed by atoms with Crippen molar-refractivity contribution in [1.82, 2.24) is 0 Å². The van der Waals surface area contributed by atoms with Crippen molar-refractivity contribution in [1.29, 1.82) is 0 Å². The second-order valence-corrected chi connectivity index (χ2v) is 4.24. The second kappa shape index (κ2) is 4.03. The van der Waals surface area contributed by atoms with E-state index in [1.165, 1.54) is 12.8 Å². The standard InChI is InChI=1S/C12H16N2O/c1-8-2-5-10(7-11(8)14-13)12(15)6-9-3-4-9/h2,5,7,9,14H,3-4,6,13H2,1H3. The molecule has 1 aliphatic carbocycles. The van der Waals surface area contributed by atoms with E-state index in [1.54, 1.807) is 0 Å². The zero-order valence-electron chi connectivity index (χ0n) is 8.92. The fourth-order valence-corrected chi connectivity index (χ4v) is 1.65. The summed E-state index contributed by atoms with van der Waals surface area (Å²) in [4.78, 5) is 11.8. The largest absolute Gasteiger partial charge is 0.324 e. The first kappa shape index (κ1) is 10.2. The highest BCUT2D eigenvalue weighted by Crippen LogP contribution is 2.33. The van der Waals surface area contributed by atoms with Gasteiger partial charge in [-0.2, -0.15) is 0 Å². The van der Waals surface area contributed by atoms with Crippen LogP contribution in [0.1, 0.15) is 35.2 Å². The van der Waals surface area contributed by atoms with Gasteiger partial charge in [-0.1, -0.05) is 12.1 Å². The lowest BCUT2D eigenvalue weighted by Gasteiger charge is -2.07. The number of nitrogens with one attached hydrogen (secondary N) is 1. The van der Waals surface area contributed by atoms with Crippen molar-refractivity contribution in [2.75, 3.05) is 5.43 Å². The van der Waals surface area contributed by atoms with E-state index < -0.39 is 0 Å². The Morgan fingerprint density at radius 2 is 2.27 bits per heavy atom. The van der Waals surface area contributed by atoms with Gasteiger partial charge in [0, 0.05) is 12.0 Å². The van der Waals surface area contributed by atoms with Gasteiger partial charge in [0.25, 0.3) is 0 Å². The van der Waals surface area contributed by atoms with Crippen molar-refractivity contribution in [3.8, 4) is 0 Å². The number of hydrogen-bond acceptors (Lipinski definition) is 3. The summed E-state index contributed by atoms with van der Waals surface area (Å²) in [6, 6.07) is 5.64. The van der Waals surface area contributed by atoms with Crippen LogP contribution in [0.3, 0.4) is 0 Å². The van der Waals surface area contributed by atoms with Gasteiger partial charge in [0.05, 0.1) is 5.69 Å². The number of hydrazine groups is 1. The molecule has 0 heterocycles. The first-order chi connectivity index (χ1) is 7.20. The van der Waals surface area contributed by atoms with Crippen molar-refractivity contribution in [3.05, 3.63) is 29.3 Å². The van der Waals surface area contributed by atoms with Crippen molar-refractivity contribution in [2.45, 2.75) is 26.2 Å². The Bertz CT molecular complexity index is 383. The molecule has 80 valence electrons. The number of nitrogens with two attached hydrogens (primary N) is 1. The molecule has 0 aliphatic heterocycles. The highest BCUT2D eigenvalue weighted by atomic mass is 16.1. The highest BCUT2D eigenvalue weighted by Gasteiger charge is 2.24. The van der Waals surface area contributed by atoms with Crippen LogP contribution in [0.4, 0.5) is 5.69 Å². The zero-order valence-corrected chi connectivity index (χ0v) is 8.92. The maximum absolute atomic E-state index is 11.8. The summed E-state index contributed by atoms with van der Waals surface area (Å²) in [5, 5.41) is 0. The van der Waals surface area contributed by atoms with Crippen LogP contribution in [0.5, 0.6) is 0 Å². The molecule has 0 saturated heterocycles. The van der Waals surface area contributed by atoms with Crippen LogP contribution in [-0.2, 0) is 0 Å². The van der Waals surface area contributed by atoms with Crippen LogP contribution >= 0.6 is 0 Å². The number of ketones is 1. The molecule has 0 unspecified atom stereocenters. The van der Waals surface area contributed by atoms with Gasteiger partial charge in [-0.25, -0.2) is 0 Å². The van der Waals surface area contributed by atoms with Crippen molar-refractivity contribution in [3.63, 3.8) is 0 Å². The molecule has 0 bridgehead atoms. The molecule has 3 heteroatoms. The topological polar surface area (TPSA) is 55.1 Å². The van der Waals surface area contributed by atoms with Crippen molar-refractivity contribution < 1.29 is 4.79 Å². The second-order valence-electron chi connectivity index (χ2n) is 4.24. The molecule has 1 aromatic rings. The summed E-state index contributed by atoms with van der Waals surface area (Å²) in [7, 11) is 0. The average molecular weight is 204 g/mol. The van der Waals surface area contributed by atoms with E-state index in [-0.39, 0.29) is 5.78 Å². The third-order valence-corrected chi connectivity index (χ3v) is 2.89. The molecule has 0 aromatic heterocycles. The fourth-order valence-electron chi connectivity index (χ4n) is 1.65. The van der Waals surface area contributed by atoms with Crippen LogP contribution < -0.4 is 11.3 Å². The third kappa shape index (κ3) is 2.36. The highest BCUT2D eigenvalue weighted by molar-refractivity contribution is 5.97. The van der Waals surface area contributed by atoms with Gasteiger partial charge in [-0.15, -0.1) is 0 Å². The van der Waals surface area contributed by atoms with Gasteiger partial charge in [0.1, 0.15) is 0 Å². The Morgan fingerprint density at radius 1 is 1.53 bits per heavy atom. The summed E-state index contributed by atoms with van der Waals surface area (Å²) < 4.78 is 0. The molecule has 1 saturated carbocycles. The van der Waals surface area contributed by atoms with E-state index >= 15 is 0 Å². The molecule has 0 spiro atoms. The normalized spacial score (nSPS) is 15.1. The minimum absolute atomic E-state index is 0.231. The van der Waals surface area contributed by atoms with E-state index in [0.29, 0.717) is 12.3 Å². The van der Waals surface area contributed by atoms with E-state index in [0.717, 1.165) is 16.8 Å². The number of Topliss-reactive ketones (excluding diaryl/α,β-unsaturated/α-hetero) is 1. The number of hydrogen-bond donors (Lipinski definition) is 2. The Hall–Kier alpha value is -1.35. The number of aryl methyl sites for hydroxylation is 1. The molecule has 3 nitrogen and oxygen atoms in total. The smallest absolute Gasteiger partial charge is 0.163 e. The Morgan fingerprint density at radius 3 is 2.87 bits per heavy atom. The molecule has 15 heavy (non-hydrogen) atoms. The molecule has 1 aromatic carbocycles. The van der Waals surface area contributed by atoms with E-state index in [2.05, 4.69) is 5.43 Å². The van der Waals surface area contributed by atoms with Crippen LogP contribution in [0.2, 0.25) is 0 Å².